The zero-order valence-electron chi connectivity index (χ0n) is 12.6. The van der Waals surface area contributed by atoms with Crippen LogP contribution in [0.4, 0.5) is 5.69 Å². The highest BCUT2D eigenvalue weighted by atomic mass is 16.5. The molecule has 1 saturated heterocycles. The summed E-state index contributed by atoms with van der Waals surface area (Å²) < 4.78 is 5.15. The van der Waals surface area contributed by atoms with Crippen molar-refractivity contribution in [3.05, 3.63) is 35.7 Å². The zero-order chi connectivity index (χ0) is 14.7. The molecular formula is C15H21N5O. The molecule has 2 aromatic rings. The minimum Gasteiger partial charge on any atom is -0.369 e. The standard InChI is InChI=1S/C15H21N5O/c1-3-15-17-14(18-21-15)11-19-6-8-20(9-7-19)13-4-5-16-12(2)10-13/h4-5,10H,3,6-9,11H2,1-2H3. The third-order valence-corrected chi connectivity index (χ3v) is 3.80. The number of hydrogen-bond donors (Lipinski definition) is 0. The van der Waals surface area contributed by atoms with E-state index in [1.165, 1.54) is 5.69 Å². The monoisotopic (exact) mass is 287 g/mol. The van der Waals surface area contributed by atoms with Gasteiger partial charge in [-0.15, -0.1) is 0 Å². The quantitative estimate of drug-likeness (QED) is 0.852. The van der Waals surface area contributed by atoms with Gasteiger partial charge in [-0.1, -0.05) is 12.1 Å². The molecule has 6 heteroatoms. The lowest BCUT2D eigenvalue weighted by Gasteiger charge is -2.35. The fourth-order valence-corrected chi connectivity index (χ4v) is 2.59. The largest absolute Gasteiger partial charge is 0.369 e. The van der Waals surface area contributed by atoms with Crippen LogP contribution in [0, 0.1) is 6.92 Å². The summed E-state index contributed by atoms with van der Waals surface area (Å²) in [4.78, 5) is 13.4. The molecule has 0 bridgehead atoms. The van der Waals surface area contributed by atoms with Crippen LogP contribution in [0.5, 0.6) is 0 Å². The molecule has 112 valence electrons. The zero-order valence-corrected chi connectivity index (χ0v) is 12.6. The highest BCUT2D eigenvalue weighted by Crippen LogP contribution is 2.17. The average Bonchev–Trinajstić information content (AvgIpc) is 2.96. The Balaban J connectivity index is 1.55. The lowest BCUT2D eigenvalue weighted by atomic mass is 10.2. The fraction of sp³-hybridized carbons (Fsp3) is 0.533. The van der Waals surface area contributed by atoms with Crippen molar-refractivity contribution in [1.82, 2.24) is 20.0 Å². The normalized spacial score (nSPS) is 16.4. The van der Waals surface area contributed by atoms with Gasteiger partial charge in [-0.25, -0.2) is 0 Å². The lowest BCUT2D eigenvalue weighted by Crippen LogP contribution is -2.46. The Morgan fingerprint density at radius 1 is 1.24 bits per heavy atom. The molecule has 1 fully saturated rings. The molecule has 1 aliphatic heterocycles. The first-order valence-electron chi connectivity index (χ1n) is 7.46. The van der Waals surface area contributed by atoms with Crippen LogP contribution in [0.3, 0.4) is 0 Å². The van der Waals surface area contributed by atoms with E-state index in [0.29, 0.717) is 0 Å². The molecular weight excluding hydrogens is 266 g/mol. The van der Waals surface area contributed by atoms with Crippen LogP contribution in [0.1, 0.15) is 24.3 Å². The Hall–Kier alpha value is -1.95. The van der Waals surface area contributed by atoms with Gasteiger partial charge in [-0.2, -0.15) is 4.98 Å². The van der Waals surface area contributed by atoms with E-state index >= 15 is 0 Å². The first-order chi connectivity index (χ1) is 10.2. The Morgan fingerprint density at radius 2 is 2.05 bits per heavy atom. The van der Waals surface area contributed by atoms with Crippen LogP contribution in [0.15, 0.2) is 22.9 Å². The second-order valence-corrected chi connectivity index (χ2v) is 5.38. The summed E-state index contributed by atoms with van der Waals surface area (Å²) in [5.74, 6) is 1.51. The maximum absolute atomic E-state index is 5.15. The summed E-state index contributed by atoms with van der Waals surface area (Å²) >= 11 is 0. The summed E-state index contributed by atoms with van der Waals surface area (Å²) in [6.45, 7) is 8.87. The predicted octanol–water partition coefficient (Wildman–Crippen LogP) is 1.66. The number of piperazine rings is 1. The Morgan fingerprint density at radius 3 is 2.71 bits per heavy atom. The molecule has 0 amide bonds. The molecule has 6 nitrogen and oxygen atoms in total. The maximum atomic E-state index is 5.15. The highest BCUT2D eigenvalue weighted by Gasteiger charge is 2.19. The van der Waals surface area contributed by atoms with Crippen molar-refractivity contribution in [3.8, 4) is 0 Å². The summed E-state index contributed by atoms with van der Waals surface area (Å²) in [5, 5.41) is 4.02. The van der Waals surface area contributed by atoms with Gasteiger partial charge in [0, 0.05) is 50.2 Å². The maximum Gasteiger partial charge on any atom is 0.226 e. The molecule has 2 aromatic heterocycles. The van der Waals surface area contributed by atoms with E-state index in [1.54, 1.807) is 0 Å². The van der Waals surface area contributed by atoms with Gasteiger partial charge in [0.25, 0.3) is 0 Å². The fourth-order valence-electron chi connectivity index (χ4n) is 2.59. The van der Waals surface area contributed by atoms with Gasteiger partial charge >= 0.3 is 0 Å². The number of rotatable bonds is 4. The molecule has 3 heterocycles. The minimum atomic E-state index is 0.718. The molecule has 0 atom stereocenters. The van der Waals surface area contributed by atoms with Gasteiger partial charge < -0.3 is 9.42 Å². The Bertz CT molecular complexity index is 589. The summed E-state index contributed by atoms with van der Waals surface area (Å²) in [5.41, 5.74) is 2.32. The van der Waals surface area contributed by atoms with Crippen LogP contribution in [0.2, 0.25) is 0 Å². The smallest absolute Gasteiger partial charge is 0.226 e. The topological polar surface area (TPSA) is 58.3 Å². The number of anilines is 1. The van der Waals surface area contributed by atoms with Crippen LogP contribution in [-0.4, -0.2) is 46.2 Å². The van der Waals surface area contributed by atoms with Crippen LogP contribution >= 0.6 is 0 Å². The van der Waals surface area contributed by atoms with E-state index in [1.807, 2.05) is 20.0 Å². The predicted molar refractivity (Wildman–Crippen MR) is 80.1 cm³/mol. The summed E-state index contributed by atoms with van der Waals surface area (Å²) in [6.07, 6.45) is 2.67. The van der Waals surface area contributed by atoms with Crippen LogP contribution in [0.25, 0.3) is 0 Å². The lowest BCUT2D eigenvalue weighted by molar-refractivity contribution is 0.240. The van der Waals surface area contributed by atoms with E-state index in [0.717, 1.165) is 56.6 Å². The van der Waals surface area contributed by atoms with Gasteiger partial charge in [-0.3, -0.25) is 9.88 Å². The SMILES string of the molecule is CCc1nc(CN2CCN(c3ccnc(C)c3)CC2)no1. The summed E-state index contributed by atoms with van der Waals surface area (Å²) in [6, 6.07) is 4.22. The first-order valence-corrected chi connectivity index (χ1v) is 7.46. The van der Waals surface area contributed by atoms with Gasteiger partial charge in [0.15, 0.2) is 5.82 Å². The van der Waals surface area contributed by atoms with Crippen LogP contribution < -0.4 is 4.90 Å². The molecule has 0 radical (unpaired) electrons. The molecule has 1 aliphatic rings. The Kier molecular flexibility index (Phi) is 4.15. The van der Waals surface area contributed by atoms with Crippen molar-refractivity contribution in [2.24, 2.45) is 0 Å². The molecule has 0 unspecified atom stereocenters. The number of aryl methyl sites for hydroxylation is 2. The second kappa shape index (κ2) is 6.22. The highest BCUT2D eigenvalue weighted by molar-refractivity contribution is 5.46. The first kappa shape index (κ1) is 14.0. The molecule has 21 heavy (non-hydrogen) atoms. The number of aromatic nitrogens is 3. The van der Waals surface area contributed by atoms with E-state index < -0.39 is 0 Å². The van der Waals surface area contributed by atoms with Gasteiger partial charge in [0.2, 0.25) is 5.89 Å². The van der Waals surface area contributed by atoms with E-state index in [9.17, 15) is 0 Å². The van der Waals surface area contributed by atoms with E-state index in [2.05, 4.69) is 37.1 Å². The van der Waals surface area contributed by atoms with Crippen molar-refractivity contribution in [3.63, 3.8) is 0 Å². The van der Waals surface area contributed by atoms with Crippen molar-refractivity contribution in [1.29, 1.82) is 0 Å². The van der Waals surface area contributed by atoms with E-state index in [-0.39, 0.29) is 0 Å². The molecule has 3 rings (SSSR count). The summed E-state index contributed by atoms with van der Waals surface area (Å²) in [7, 11) is 0. The molecule has 0 spiro atoms. The Labute approximate surface area is 124 Å². The minimum absolute atomic E-state index is 0.718. The molecule has 0 saturated carbocycles. The third-order valence-electron chi connectivity index (χ3n) is 3.80. The molecule has 0 aliphatic carbocycles. The van der Waals surface area contributed by atoms with Crippen molar-refractivity contribution < 1.29 is 4.52 Å². The van der Waals surface area contributed by atoms with Gasteiger partial charge in [-0.05, 0) is 19.1 Å². The van der Waals surface area contributed by atoms with Crippen LogP contribution in [-0.2, 0) is 13.0 Å². The average molecular weight is 287 g/mol. The third kappa shape index (κ3) is 3.39. The van der Waals surface area contributed by atoms with Gasteiger partial charge in [0.05, 0.1) is 6.54 Å². The van der Waals surface area contributed by atoms with Gasteiger partial charge in [0.1, 0.15) is 0 Å². The molecule has 0 aromatic carbocycles. The van der Waals surface area contributed by atoms with E-state index in [4.69, 9.17) is 4.52 Å². The number of nitrogens with zero attached hydrogens (tertiary/aromatic N) is 5. The van der Waals surface area contributed by atoms with Crippen molar-refractivity contribution in [2.45, 2.75) is 26.8 Å². The van der Waals surface area contributed by atoms with Crippen molar-refractivity contribution >= 4 is 5.69 Å². The second-order valence-electron chi connectivity index (χ2n) is 5.38. The number of hydrogen-bond acceptors (Lipinski definition) is 6. The number of pyridine rings is 1. The van der Waals surface area contributed by atoms with Crippen molar-refractivity contribution in [2.75, 3.05) is 31.1 Å². The molecule has 0 N–H and O–H groups in total.